The molecule has 1 amide bonds. The van der Waals surface area contributed by atoms with Gasteiger partial charge in [0.25, 0.3) is 5.91 Å². The highest BCUT2D eigenvalue weighted by molar-refractivity contribution is 6.33. The topological polar surface area (TPSA) is 80.0 Å². The van der Waals surface area contributed by atoms with E-state index in [0.717, 1.165) is 12.8 Å². The molecule has 0 bridgehead atoms. The van der Waals surface area contributed by atoms with Gasteiger partial charge >= 0.3 is 0 Å². The van der Waals surface area contributed by atoms with Crippen molar-refractivity contribution in [2.75, 3.05) is 5.43 Å². The summed E-state index contributed by atoms with van der Waals surface area (Å²) in [5.74, 6) is 6.01. The minimum atomic E-state index is -0.279. The van der Waals surface area contributed by atoms with Crippen molar-refractivity contribution in [3.8, 4) is 0 Å². The zero-order valence-corrected chi connectivity index (χ0v) is 12.3. The molecule has 1 atom stereocenters. The van der Waals surface area contributed by atoms with Crippen LogP contribution in [-0.2, 0) is 0 Å². The molecule has 1 aromatic heterocycles. The fraction of sp³-hybridized carbons (Fsp3) is 0.538. The lowest BCUT2D eigenvalue weighted by molar-refractivity contribution is 0.0932. The number of carbonyl (C=O) groups is 1. The smallest absolute Gasteiger partial charge is 0.271 e. The van der Waals surface area contributed by atoms with Crippen LogP contribution in [0.5, 0.6) is 0 Å². The van der Waals surface area contributed by atoms with Crippen molar-refractivity contribution in [2.45, 2.75) is 39.7 Å². The van der Waals surface area contributed by atoms with Gasteiger partial charge in [-0.05, 0) is 37.8 Å². The van der Waals surface area contributed by atoms with E-state index in [2.05, 4.69) is 29.6 Å². The summed E-state index contributed by atoms with van der Waals surface area (Å²) in [7, 11) is 0. The van der Waals surface area contributed by atoms with Gasteiger partial charge in [-0.1, -0.05) is 25.4 Å². The molecule has 0 aliphatic heterocycles. The molecule has 0 aliphatic carbocycles. The largest absolute Gasteiger partial charge is 0.348 e. The van der Waals surface area contributed by atoms with E-state index >= 15 is 0 Å². The fourth-order valence-electron chi connectivity index (χ4n) is 1.63. The Bertz CT molecular complexity index is 437. The summed E-state index contributed by atoms with van der Waals surface area (Å²) >= 11 is 5.97. The molecule has 0 saturated carbocycles. The van der Waals surface area contributed by atoms with Crippen LogP contribution in [0.1, 0.15) is 44.1 Å². The standard InChI is InChI=1S/C13H21ClN4O/c1-8(2)4-5-9(3)16-13(19)12-10(14)6-7-11(17-12)18-15/h6-9H,4-5,15H2,1-3H3,(H,16,19)(H,17,18). The van der Waals surface area contributed by atoms with Crippen LogP contribution in [0.4, 0.5) is 5.82 Å². The van der Waals surface area contributed by atoms with Crippen molar-refractivity contribution in [3.63, 3.8) is 0 Å². The van der Waals surface area contributed by atoms with Gasteiger partial charge in [-0.25, -0.2) is 10.8 Å². The van der Waals surface area contributed by atoms with Crippen molar-refractivity contribution in [1.29, 1.82) is 0 Å². The van der Waals surface area contributed by atoms with Gasteiger partial charge in [0.1, 0.15) is 11.5 Å². The van der Waals surface area contributed by atoms with Crippen LogP contribution in [0.25, 0.3) is 0 Å². The highest BCUT2D eigenvalue weighted by Gasteiger charge is 2.15. The Morgan fingerprint density at radius 2 is 2.05 bits per heavy atom. The number of pyridine rings is 1. The number of rotatable bonds is 6. The van der Waals surface area contributed by atoms with E-state index < -0.39 is 0 Å². The number of nitrogen functional groups attached to an aromatic ring is 1. The van der Waals surface area contributed by atoms with Gasteiger partial charge in [-0.2, -0.15) is 0 Å². The van der Waals surface area contributed by atoms with Gasteiger partial charge in [0.15, 0.2) is 0 Å². The van der Waals surface area contributed by atoms with Crippen molar-refractivity contribution in [1.82, 2.24) is 10.3 Å². The molecule has 106 valence electrons. The van der Waals surface area contributed by atoms with E-state index in [4.69, 9.17) is 17.4 Å². The molecule has 0 aliphatic rings. The second-order valence-electron chi connectivity index (χ2n) is 5.02. The molecule has 0 fully saturated rings. The first kappa shape index (κ1) is 15.7. The normalized spacial score (nSPS) is 12.3. The maximum atomic E-state index is 12.1. The molecule has 1 rings (SSSR count). The number of carbonyl (C=O) groups excluding carboxylic acids is 1. The molecular formula is C13H21ClN4O. The van der Waals surface area contributed by atoms with E-state index in [-0.39, 0.29) is 17.6 Å². The maximum Gasteiger partial charge on any atom is 0.271 e. The molecule has 1 unspecified atom stereocenters. The summed E-state index contributed by atoms with van der Waals surface area (Å²) in [5.41, 5.74) is 2.58. The molecule has 0 saturated heterocycles. The average Bonchev–Trinajstić information content (AvgIpc) is 2.36. The third-order valence-electron chi connectivity index (χ3n) is 2.76. The summed E-state index contributed by atoms with van der Waals surface area (Å²) in [4.78, 5) is 16.1. The monoisotopic (exact) mass is 284 g/mol. The van der Waals surface area contributed by atoms with E-state index in [1.54, 1.807) is 12.1 Å². The summed E-state index contributed by atoms with van der Waals surface area (Å²) in [6.07, 6.45) is 1.99. The first-order valence-electron chi connectivity index (χ1n) is 6.38. The Morgan fingerprint density at radius 3 is 2.63 bits per heavy atom. The molecule has 0 spiro atoms. The number of hydrogen-bond donors (Lipinski definition) is 3. The Morgan fingerprint density at radius 1 is 1.37 bits per heavy atom. The van der Waals surface area contributed by atoms with Crippen LogP contribution in [0, 0.1) is 5.92 Å². The van der Waals surface area contributed by atoms with E-state index in [9.17, 15) is 4.79 Å². The number of nitrogens with two attached hydrogens (primary N) is 1. The lowest BCUT2D eigenvalue weighted by Crippen LogP contribution is -2.33. The summed E-state index contributed by atoms with van der Waals surface area (Å²) in [5, 5.41) is 3.20. The predicted octanol–water partition coefficient (Wildman–Crippen LogP) is 2.58. The molecule has 5 nitrogen and oxygen atoms in total. The summed E-state index contributed by atoms with van der Waals surface area (Å²) < 4.78 is 0. The van der Waals surface area contributed by atoms with Crippen LogP contribution in [0.2, 0.25) is 5.02 Å². The number of nitrogens with one attached hydrogen (secondary N) is 2. The Balaban J connectivity index is 2.67. The van der Waals surface area contributed by atoms with Crippen LogP contribution in [0.15, 0.2) is 12.1 Å². The molecule has 6 heteroatoms. The Hall–Kier alpha value is -1.33. The van der Waals surface area contributed by atoms with Crippen LogP contribution < -0.4 is 16.6 Å². The number of amides is 1. The van der Waals surface area contributed by atoms with E-state index in [1.807, 2.05) is 6.92 Å². The molecule has 19 heavy (non-hydrogen) atoms. The number of anilines is 1. The zero-order valence-electron chi connectivity index (χ0n) is 11.5. The Kier molecular flexibility index (Phi) is 6.05. The second kappa shape index (κ2) is 7.31. The first-order chi connectivity index (χ1) is 8.93. The lowest BCUT2D eigenvalue weighted by atomic mass is 10.0. The minimum absolute atomic E-state index is 0.0854. The van der Waals surface area contributed by atoms with Gasteiger partial charge in [0.2, 0.25) is 0 Å². The Labute approximate surface area is 118 Å². The molecule has 0 radical (unpaired) electrons. The molecule has 4 N–H and O–H groups in total. The van der Waals surface area contributed by atoms with Gasteiger partial charge < -0.3 is 10.7 Å². The molecule has 1 heterocycles. The average molecular weight is 285 g/mol. The van der Waals surface area contributed by atoms with Crippen LogP contribution in [-0.4, -0.2) is 16.9 Å². The summed E-state index contributed by atoms with van der Waals surface area (Å²) in [6, 6.07) is 3.29. The highest BCUT2D eigenvalue weighted by atomic mass is 35.5. The minimum Gasteiger partial charge on any atom is -0.348 e. The lowest BCUT2D eigenvalue weighted by Gasteiger charge is -2.15. The molecule has 1 aromatic rings. The van der Waals surface area contributed by atoms with Crippen LogP contribution >= 0.6 is 11.6 Å². The quantitative estimate of drug-likeness (QED) is 0.554. The third-order valence-corrected chi connectivity index (χ3v) is 3.07. The van der Waals surface area contributed by atoms with Crippen molar-refractivity contribution < 1.29 is 4.79 Å². The number of hydrogen-bond acceptors (Lipinski definition) is 4. The van der Waals surface area contributed by atoms with Gasteiger partial charge in [-0.15, -0.1) is 0 Å². The number of halogens is 1. The van der Waals surface area contributed by atoms with Crippen molar-refractivity contribution in [3.05, 3.63) is 22.8 Å². The van der Waals surface area contributed by atoms with Gasteiger partial charge in [0, 0.05) is 6.04 Å². The zero-order chi connectivity index (χ0) is 14.4. The third kappa shape index (κ3) is 5.04. The van der Waals surface area contributed by atoms with E-state index in [1.165, 1.54) is 0 Å². The number of hydrazine groups is 1. The van der Waals surface area contributed by atoms with Crippen molar-refractivity contribution >= 4 is 23.3 Å². The van der Waals surface area contributed by atoms with Gasteiger partial charge in [-0.3, -0.25) is 4.79 Å². The van der Waals surface area contributed by atoms with E-state index in [0.29, 0.717) is 16.8 Å². The molecular weight excluding hydrogens is 264 g/mol. The SMILES string of the molecule is CC(C)CCC(C)NC(=O)c1nc(NN)ccc1Cl. The highest BCUT2D eigenvalue weighted by Crippen LogP contribution is 2.16. The fourth-order valence-corrected chi connectivity index (χ4v) is 1.82. The predicted molar refractivity (Wildman–Crippen MR) is 78.1 cm³/mol. The first-order valence-corrected chi connectivity index (χ1v) is 6.75. The van der Waals surface area contributed by atoms with Crippen molar-refractivity contribution in [2.24, 2.45) is 11.8 Å². The second-order valence-corrected chi connectivity index (χ2v) is 5.42. The summed E-state index contributed by atoms with van der Waals surface area (Å²) in [6.45, 7) is 6.28. The van der Waals surface area contributed by atoms with Crippen LogP contribution in [0.3, 0.4) is 0 Å². The molecule has 0 aromatic carbocycles. The number of aromatic nitrogens is 1. The van der Waals surface area contributed by atoms with Gasteiger partial charge in [0.05, 0.1) is 5.02 Å². The number of nitrogens with zero attached hydrogens (tertiary/aromatic N) is 1. The maximum absolute atomic E-state index is 12.1.